The Morgan fingerprint density at radius 3 is 2.74 bits per heavy atom. The first-order chi connectivity index (χ1) is 9.00. The summed E-state index contributed by atoms with van der Waals surface area (Å²) in [6.07, 6.45) is 0. The molecule has 0 aliphatic carbocycles. The Labute approximate surface area is 129 Å². The number of anilines is 1. The van der Waals surface area contributed by atoms with Crippen LogP contribution < -0.4 is 5.32 Å². The molecule has 3 nitrogen and oxygen atoms in total. The van der Waals surface area contributed by atoms with Crippen LogP contribution in [0.15, 0.2) is 36.4 Å². The summed E-state index contributed by atoms with van der Waals surface area (Å²) in [6.45, 7) is 0.316. The smallest absolute Gasteiger partial charge is 0.137 e. The number of hydrogen-bond donors (Lipinski definition) is 3. The van der Waals surface area contributed by atoms with Crippen molar-refractivity contribution in [2.45, 2.75) is 5.60 Å². The van der Waals surface area contributed by atoms with E-state index in [4.69, 9.17) is 11.6 Å². The molecule has 1 aliphatic rings. The van der Waals surface area contributed by atoms with Crippen LogP contribution in [0.5, 0.6) is 5.75 Å². The van der Waals surface area contributed by atoms with Crippen LogP contribution in [0.3, 0.4) is 0 Å². The van der Waals surface area contributed by atoms with Gasteiger partial charge in [0.05, 0.1) is 6.54 Å². The van der Waals surface area contributed by atoms with Gasteiger partial charge in [-0.25, -0.2) is 0 Å². The Kier molecular flexibility index (Phi) is 3.11. The first-order valence-electron chi connectivity index (χ1n) is 5.76. The fourth-order valence-electron chi connectivity index (χ4n) is 2.42. The number of nitrogens with one attached hydrogen (secondary N) is 1. The molecule has 1 atom stereocenters. The lowest BCUT2D eigenvalue weighted by molar-refractivity contribution is 0.0999. The highest BCUT2D eigenvalue weighted by Gasteiger charge is 2.40. The predicted octanol–water partition coefficient (Wildman–Crippen LogP) is 3.31. The molecule has 19 heavy (non-hydrogen) atoms. The predicted molar refractivity (Wildman–Crippen MR) is 83.8 cm³/mol. The summed E-state index contributed by atoms with van der Waals surface area (Å²) in [7, 11) is 0. The maximum Gasteiger partial charge on any atom is 0.137 e. The Hall–Kier alpha value is -0.980. The Bertz CT molecular complexity index is 662. The lowest BCUT2D eigenvalue weighted by atomic mass is 9.87. The summed E-state index contributed by atoms with van der Waals surface area (Å²) in [5.41, 5.74) is 0.806. The topological polar surface area (TPSA) is 52.5 Å². The van der Waals surface area contributed by atoms with Crippen molar-refractivity contribution in [3.63, 3.8) is 0 Å². The van der Waals surface area contributed by atoms with Crippen molar-refractivity contribution >= 4 is 39.9 Å². The monoisotopic (exact) mass is 387 g/mol. The maximum atomic E-state index is 10.9. The number of hydrogen-bond acceptors (Lipinski definition) is 3. The minimum Gasteiger partial charge on any atom is -0.508 e. The zero-order valence-corrected chi connectivity index (χ0v) is 12.7. The molecule has 0 bridgehead atoms. The second kappa shape index (κ2) is 4.54. The van der Waals surface area contributed by atoms with E-state index in [0.717, 1.165) is 14.8 Å². The number of rotatable bonds is 1. The molecule has 1 unspecified atom stereocenters. The Morgan fingerprint density at radius 1 is 1.16 bits per heavy atom. The number of β-amino-alcohol motifs (C(OH)–C–C–N with tert-alkyl or cyclic N) is 1. The SMILES string of the molecule is Oc1ccc(Cl)cc1C1(O)CNc2cc(I)ccc21. The third kappa shape index (κ3) is 2.07. The van der Waals surface area contributed by atoms with Gasteiger partial charge in [0.15, 0.2) is 0 Å². The van der Waals surface area contributed by atoms with Crippen molar-refractivity contribution in [3.05, 3.63) is 56.1 Å². The largest absolute Gasteiger partial charge is 0.508 e. The molecule has 0 saturated carbocycles. The zero-order chi connectivity index (χ0) is 13.6. The first kappa shape index (κ1) is 13.0. The normalized spacial score (nSPS) is 21.0. The molecule has 0 saturated heterocycles. The van der Waals surface area contributed by atoms with Crippen LogP contribution >= 0.6 is 34.2 Å². The number of aromatic hydroxyl groups is 1. The van der Waals surface area contributed by atoms with Crippen molar-refractivity contribution in [1.29, 1.82) is 0 Å². The van der Waals surface area contributed by atoms with Crippen LogP contribution in [0.1, 0.15) is 11.1 Å². The van der Waals surface area contributed by atoms with Crippen molar-refractivity contribution in [3.8, 4) is 5.75 Å². The molecule has 3 rings (SSSR count). The van der Waals surface area contributed by atoms with Crippen LogP contribution in [0.25, 0.3) is 0 Å². The molecule has 5 heteroatoms. The van der Waals surface area contributed by atoms with Gasteiger partial charge in [-0.3, -0.25) is 0 Å². The number of aliphatic hydroxyl groups is 1. The third-order valence-electron chi connectivity index (χ3n) is 3.37. The standard InChI is InChI=1S/C14H11ClINO2/c15-8-1-4-13(18)11(5-8)14(19)7-17-12-6-9(16)2-3-10(12)14/h1-6,17-19H,7H2. The highest BCUT2D eigenvalue weighted by atomic mass is 127. The van der Waals surface area contributed by atoms with Crippen LogP contribution in [-0.2, 0) is 5.60 Å². The summed E-state index contributed by atoms with van der Waals surface area (Å²) < 4.78 is 1.09. The first-order valence-corrected chi connectivity index (χ1v) is 7.22. The fraction of sp³-hybridized carbons (Fsp3) is 0.143. The van der Waals surface area contributed by atoms with Gasteiger partial charge in [0.1, 0.15) is 11.4 Å². The van der Waals surface area contributed by atoms with E-state index >= 15 is 0 Å². The molecule has 1 heterocycles. The van der Waals surface area contributed by atoms with Crippen LogP contribution in [0.2, 0.25) is 5.02 Å². The van der Waals surface area contributed by atoms with Gasteiger partial charge < -0.3 is 15.5 Å². The van der Waals surface area contributed by atoms with Gasteiger partial charge in [0.25, 0.3) is 0 Å². The summed E-state index contributed by atoms with van der Waals surface area (Å²) in [6, 6.07) is 10.5. The lowest BCUT2D eigenvalue weighted by Gasteiger charge is -2.24. The summed E-state index contributed by atoms with van der Waals surface area (Å²) in [4.78, 5) is 0. The quantitative estimate of drug-likeness (QED) is 0.658. The molecule has 0 aromatic heterocycles. The van der Waals surface area contributed by atoms with Crippen LogP contribution in [0, 0.1) is 3.57 Å². The molecule has 0 spiro atoms. The molecule has 3 N–H and O–H groups in total. The van der Waals surface area contributed by atoms with Gasteiger partial charge in [-0.1, -0.05) is 17.7 Å². The summed E-state index contributed by atoms with van der Waals surface area (Å²) in [5, 5.41) is 24.6. The highest BCUT2D eigenvalue weighted by molar-refractivity contribution is 14.1. The average molecular weight is 388 g/mol. The summed E-state index contributed by atoms with van der Waals surface area (Å²) >= 11 is 8.19. The van der Waals surface area contributed by atoms with Crippen LogP contribution in [-0.4, -0.2) is 16.8 Å². The van der Waals surface area contributed by atoms with Gasteiger partial charge in [-0.05, 0) is 52.9 Å². The molecule has 98 valence electrons. The number of benzene rings is 2. The second-order valence-electron chi connectivity index (χ2n) is 4.57. The van der Waals surface area contributed by atoms with Gasteiger partial charge in [-0.2, -0.15) is 0 Å². The molecule has 2 aromatic rings. The average Bonchev–Trinajstić information content (AvgIpc) is 2.70. The second-order valence-corrected chi connectivity index (χ2v) is 6.25. The van der Waals surface area contributed by atoms with Crippen molar-refractivity contribution < 1.29 is 10.2 Å². The zero-order valence-electron chi connectivity index (χ0n) is 9.82. The molecule has 0 amide bonds. The van der Waals surface area contributed by atoms with Crippen molar-refractivity contribution in [2.75, 3.05) is 11.9 Å². The molecular formula is C14H11ClINO2. The number of fused-ring (bicyclic) bond motifs is 1. The van der Waals surface area contributed by atoms with E-state index in [-0.39, 0.29) is 5.75 Å². The minimum absolute atomic E-state index is 0.0418. The van der Waals surface area contributed by atoms with Gasteiger partial charge in [0.2, 0.25) is 0 Å². The lowest BCUT2D eigenvalue weighted by Crippen LogP contribution is -2.29. The van der Waals surface area contributed by atoms with Crippen LogP contribution in [0.4, 0.5) is 5.69 Å². The fourth-order valence-corrected chi connectivity index (χ4v) is 3.08. The van der Waals surface area contributed by atoms with E-state index in [1.165, 1.54) is 6.07 Å². The maximum absolute atomic E-state index is 10.9. The van der Waals surface area contributed by atoms with Crippen molar-refractivity contribution in [2.24, 2.45) is 0 Å². The van der Waals surface area contributed by atoms with Crippen molar-refractivity contribution in [1.82, 2.24) is 0 Å². The Balaban J connectivity index is 2.19. The van der Waals surface area contributed by atoms with E-state index in [1.54, 1.807) is 12.1 Å². The van der Waals surface area contributed by atoms with Gasteiger partial charge >= 0.3 is 0 Å². The Morgan fingerprint density at radius 2 is 1.95 bits per heavy atom. The number of phenolic OH excluding ortho intramolecular Hbond substituents is 1. The van der Waals surface area contributed by atoms with E-state index in [1.807, 2.05) is 18.2 Å². The van der Waals surface area contributed by atoms with Gasteiger partial charge in [-0.15, -0.1) is 0 Å². The minimum atomic E-state index is -1.26. The molecule has 0 radical (unpaired) electrons. The van der Waals surface area contributed by atoms with E-state index in [0.29, 0.717) is 17.1 Å². The molecule has 0 fully saturated rings. The molecule has 1 aliphatic heterocycles. The molecule has 2 aromatic carbocycles. The number of halogens is 2. The van der Waals surface area contributed by atoms with Gasteiger partial charge in [0, 0.05) is 25.4 Å². The van der Waals surface area contributed by atoms with E-state index < -0.39 is 5.60 Å². The molecular weight excluding hydrogens is 377 g/mol. The highest BCUT2D eigenvalue weighted by Crippen LogP contribution is 2.44. The summed E-state index contributed by atoms with van der Waals surface area (Å²) in [5.74, 6) is 0.0418. The number of phenols is 1. The third-order valence-corrected chi connectivity index (χ3v) is 4.27. The van der Waals surface area contributed by atoms with E-state index in [2.05, 4.69) is 27.9 Å². The van der Waals surface area contributed by atoms with E-state index in [9.17, 15) is 10.2 Å².